The molecule has 0 saturated carbocycles. The minimum Gasteiger partial charge on any atom is -0.497 e. The van der Waals surface area contributed by atoms with Crippen LogP contribution in [0.15, 0.2) is 42.6 Å². The van der Waals surface area contributed by atoms with Crippen LogP contribution >= 0.6 is 0 Å². The van der Waals surface area contributed by atoms with Crippen molar-refractivity contribution < 1.29 is 9.47 Å². The predicted octanol–water partition coefficient (Wildman–Crippen LogP) is 2.09. The van der Waals surface area contributed by atoms with Crippen molar-refractivity contribution in [3.63, 3.8) is 0 Å². The van der Waals surface area contributed by atoms with Crippen molar-refractivity contribution in [3.05, 3.63) is 53.7 Å². The highest BCUT2D eigenvalue weighted by atomic mass is 16.5. The highest BCUT2D eigenvalue weighted by Crippen LogP contribution is 2.15. The zero-order valence-corrected chi connectivity index (χ0v) is 10.8. The van der Waals surface area contributed by atoms with Crippen molar-refractivity contribution in [2.75, 3.05) is 12.5 Å². The van der Waals surface area contributed by atoms with Gasteiger partial charge in [0.15, 0.2) is 0 Å². The molecule has 1 heterocycles. The van der Waals surface area contributed by atoms with Crippen molar-refractivity contribution in [3.8, 4) is 5.75 Å². The molecule has 0 radical (unpaired) electrons. The smallest absolute Gasteiger partial charge is 0.145 e. The van der Waals surface area contributed by atoms with Gasteiger partial charge in [-0.25, -0.2) is 10.8 Å². The van der Waals surface area contributed by atoms with E-state index in [4.69, 9.17) is 15.3 Å². The number of hydrogen-bond acceptors (Lipinski definition) is 5. The number of nitrogens with one attached hydrogen (secondary N) is 1. The average molecular weight is 259 g/mol. The summed E-state index contributed by atoms with van der Waals surface area (Å²) < 4.78 is 10.8. The van der Waals surface area contributed by atoms with E-state index in [0.29, 0.717) is 19.0 Å². The Hall–Kier alpha value is -2.11. The van der Waals surface area contributed by atoms with Crippen LogP contribution in [-0.2, 0) is 18.0 Å². The molecule has 19 heavy (non-hydrogen) atoms. The van der Waals surface area contributed by atoms with Crippen LogP contribution in [0.2, 0.25) is 0 Å². The van der Waals surface area contributed by atoms with E-state index in [9.17, 15) is 0 Å². The fourth-order valence-electron chi connectivity index (χ4n) is 1.73. The number of anilines is 1. The summed E-state index contributed by atoms with van der Waals surface area (Å²) in [5, 5.41) is 0. The summed E-state index contributed by atoms with van der Waals surface area (Å²) in [6.07, 6.45) is 1.68. The third kappa shape index (κ3) is 3.67. The summed E-state index contributed by atoms with van der Waals surface area (Å²) in [6, 6.07) is 11.6. The summed E-state index contributed by atoms with van der Waals surface area (Å²) in [7, 11) is 1.65. The van der Waals surface area contributed by atoms with Crippen molar-refractivity contribution in [1.82, 2.24) is 4.98 Å². The van der Waals surface area contributed by atoms with Crippen molar-refractivity contribution in [2.45, 2.75) is 13.2 Å². The minimum atomic E-state index is 0.449. The molecule has 100 valence electrons. The molecule has 2 aromatic rings. The lowest BCUT2D eigenvalue weighted by atomic mass is 10.2. The van der Waals surface area contributed by atoms with E-state index in [0.717, 1.165) is 16.9 Å². The lowest BCUT2D eigenvalue weighted by Gasteiger charge is -2.09. The number of nitrogens with zero attached hydrogens (tertiary/aromatic N) is 1. The SMILES string of the molecule is COc1cccc(COCc2cccnc2NN)c1. The highest BCUT2D eigenvalue weighted by Gasteiger charge is 2.02. The molecule has 0 aliphatic carbocycles. The van der Waals surface area contributed by atoms with Gasteiger partial charge in [-0.15, -0.1) is 0 Å². The van der Waals surface area contributed by atoms with Crippen molar-refractivity contribution >= 4 is 5.82 Å². The molecular weight excluding hydrogens is 242 g/mol. The average Bonchev–Trinajstić information content (AvgIpc) is 2.48. The van der Waals surface area contributed by atoms with Crippen LogP contribution in [0.3, 0.4) is 0 Å². The highest BCUT2D eigenvalue weighted by molar-refractivity contribution is 5.41. The summed E-state index contributed by atoms with van der Waals surface area (Å²) in [5.74, 6) is 6.85. The van der Waals surface area contributed by atoms with Crippen molar-refractivity contribution in [1.29, 1.82) is 0 Å². The second-order valence-electron chi connectivity index (χ2n) is 4.00. The molecule has 0 amide bonds. The number of nitrogens with two attached hydrogens (primary N) is 1. The van der Waals surface area contributed by atoms with Gasteiger partial charge in [0.05, 0.1) is 20.3 Å². The maximum atomic E-state index is 5.66. The number of methoxy groups -OCH3 is 1. The van der Waals surface area contributed by atoms with Crippen LogP contribution in [0.4, 0.5) is 5.82 Å². The topological polar surface area (TPSA) is 69.4 Å². The lowest BCUT2D eigenvalue weighted by molar-refractivity contribution is 0.107. The fourth-order valence-corrected chi connectivity index (χ4v) is 1.73. The van der Waals surface area contributed by atoms with E-state index in [1.807, 2.05) is 36.4 Å². The summed E-state index contributed by atoms with van der Waals surface area (Å²) in [6.45, 7) is 0.959. The molecule has 1 aromatic heterocycles. The Morgan fingerprint density at radius 1 is 1.21 bits per heavy atom. The molecule has 0 aliphatic rings. The first-order valence-corrected chi connectivity index (χ1v) is 5.94. The van der Waals surface area contributed by atoms with E-state index in [2.05, 4.69) is 10.4 Å². The Balaban J connectivity index is 1.92. The normalized spacial score (nSPS) is 10.2. The molecular formula is C14H17N3O2. The van der Waals surface area contributed by atoms with E-state index < -0.39 is 0 Å². The summed E-state index contributed by atoms with van der Waals surface area (Å²) in [4.78, 5) is 4.11. The van der Waals surface area contributed by atoms with Gasteiger partial charge in [-0.05, 0) is 23.8 Å². The van der Waals surface area contributed by atoms with Crippen LogP contribution in [0.5, 0.6) is 5.75 Å². The summed E-state index contributed by atoms with van der Waals surface area (Å²) >= 11 is 0. The number of benzene rings is 1. The Labute approximate surface area is 112 Å². The zero-order chi connectivity index (χ0) is 13.5. The molecule has 0 atom stereocenters. The number of hydrazine groups is 1. The van der Waals surface area contributed by atoms with Gasteiger partial charge in [0.1, 0.15) is 11.6 Å². The van der Waals surface area contributed by atoms with Gasteiger partial charge in [-0.1, -0.05) is 18.2 Å². The Morgan fingerprint density at radius 2 is 2.11 bits per heavy atom. The van der Waals surface area contributed by atoms with E-state index >= 15 is 0 Å². The van der Waals surface area contributed by atoms with Crippen LogP contribution in [0, 0.1) is 0 Å². The molecule has 3 N–H and O–H groups in total. The molecule has 5 nitrogen and oxygen atoms in total. The number of hydrogen-bond donors (Lipinski definition) is 2. The number of pyridine rings is 1. The number of ether oxygens (including phenoxy) is 2. The van der Waals surface area contributed by atoms with Gasteiger partial charge in [0.2, 0.25) is 0 Å². The zero-order valence-electron chi connectivity index (χ0n) is 10.8. The van der Waals surface area contributed by atoms with Crippen LogP contribution in [-0.4, -0.2) is 12.1 Å². The second kappa shape index (κ2) is 6.72. The van der Waals surface area contributed by atoms with Gasteiger partial charge in [-0.2, -0.15) is 0 Å². The fraction of sp³-hybridized carbons (Fsp3) is 0.214. The third-order valence-electron chi connectivity index (χ3n) is 2.69. The van der Waals surface area contributed by atoms with Crippen LogP contribution < -0.4 is 16.0 Å². The molecule has 2 rings (SSSR count). The quantitative estimate of drug-likeness (QED) is 0.614. The molecule has 0 saturated heterocycles. The Bertz CT molecular complexity index is 532. The monoisotopic (exact) mass is 259 g/mol. The largest absolute Gasteiger partial charge is 0.497 e. The third-order valence-corrected chi connectivity index (χ3v) is 2.69. The Morgan fingerprint density at radius 3 is 2.89 bits per heavy atom. The molecule has 0 unspecified atom stereocenters. The van der Waals surface area contributed by atoms with Gasteiger partial charge in [-0.3, -0.25) is 0 Å². The number of nitrogen functional groups attached to an aromatic ring is 1. The van der Waals surface area contributed by atoms with Crippen LogP contribution in [0.25, 0.3) is 0 Å². The summed E-state index contributed by atoms with van der Waals surface area (Å²) in [5.41, 5.74) is 4.54. The first-order valence-electron chi connectivity index (χ1n) is 5.94. The predicted molar refractivity (Wildman–Crippen MR) is 73.5 cm³/mol. The number of aromatic nitrogens is 1. The van der Waals surface area contributed by atoms with Gasteiger partial charge < -0.3 is 14.9 Å². The molecule has 0 aliphatic heterocycles. The van der Waals surface area contributed by atoms with Gasteiger partial charge >= 0.3 is 0 Å². The first kappa shape index (κ1) is 13.3. The lowest BCUT2D eigenvalue weighted by Crippen LogP contribution is -2.11. The maximum absolute atomic E-state index is 5.66. The van der Waals surface area contributed by atoms with Gasteiger partial charge in [0, 0.05) is 11.8 Å². The van der Waals surface area contributed by atoms with Gasteiger partial charge in [0.25, 0.3) is 0 Å². The molecule has 5 heteroatoms. The molecule has 1 aromatic carbocycles. The first-order chi connectivity index (χ1) is 9.33. The minimum absolute atomic E-state index is 0.449. The maximum Gasteiger partial charge on any atom is 0.145 e. The van der Waals surface area contributed by atoms with E-state index in [-0.39, 0.29) is 0 Å². The second-order valence-corrected chi connectivity index (χ2v) is 4.00. The van der Waals surface area contributed by atoms with Crippen molar-refractivity contribution in [2.24, 2.45) is 5.84 Å². The number of rotatable bonds is 6. The Kier molecular flexibility index (Phi) is 4.72. The van der Waals surface area contributed by atoms with E-state index in [1.165, 1.54) is 0 Å². The molecule has 0 fully saturated rings. The van der Waals surface area contributed by atoms with Crippen LogP contribution in [0.1, 0.15) is 11.1 Å². The molecule has 0 bridgehead atoms. The van der Waals surface area contributed by atoms with E-state index in [1.54, 1.807) is 13.3 Å². The molecule has 0 spiro atoms. The standard InChI is InChI=1S/C14H17N3O2/c1-18-13-6-2-4-11(8-13)9-19-10-12-5-3-7-16-14(12)17-15/h2-8H,9-10,15H2,1H3,(H,16,17).